The normalized spacial score (nSPS) is 25.4. The number of hydrogen-bond donors (Lipinski definition) is 3. The number of aliphatic hydroxyl groups excluding tert-OH is 3. The van der Waals surface area contributed by atoms with Crippen LogP contribution in [0.3, 0.4) is 0 Å². The molecule has 12 atom stereocenters. The maximum atomic E-state index is 13.3. The molecule has 91 heavy (non-hydrogen) atoms. The van der Waals surface area contributed by atoms with E-state index in [0.717, 1.165) is 40.8 Å². The summed E-state index contributed by atoms with van der Waals surface area (Å²) in [4.78, 5) is 63.8. The minimum Gasteiger partial charge on any atom is -0.492 e. The molecule has 5 aromatic carbocycles. The van der Waals surface area contributed by atoms with Crippen molar-refractivity contribution in [3.63, 3.8) is 0 Å². The van der Waals surface area contributed by atoms with Crippen molar-refractivity contribution in [2.75, 3.05) is 73.0 Å². The van der Waals surface area contributed by atoms with Gasteiger partial charge >= 0.3 is 51.1 Å². The van der Waals surface area contributed by atoms with Crippen LogP contribution in [-0.2, 0) is 71.3 Å². The van der Waals surface area contributed by atoms with Gasteiger partial charge in [-0.1, -0.05) is 66.2 Å². The summed E-state index contributed by atoms with van der Waals surface area (Å²) in [6.07, 6.45) is 3.01. The van der Waals surface area contributed by atoms with Gasteiger partial charge in [0.1, 0.15) is 62.4 Å². The molecule has 10 rings (SSSR count). The van der Waals surface area contributed by atoms with Crippen LogP contribution in [0.1, 0.15) is 95.5 Å². The van der Waals surface area contributed by atoms with E-state index in [1.54, 1.807) is 0 Å². The predicted molar refractivity (Wildman–Crippen MR) is 323 cm³/mol. The zero-order valence-corrected chi connectivity index (χ0v) is 53.6. The molecule has 4 saturated carbocycles. The zero-order chi connectivity index (χ0) is 63.5. The second kappa shape index (κ2) is 34.1. The SMILES string of the molecule is Cc1ccc([I+]c2ccc(OCC(=O)OC3CCC(COC(=O)COCOCC4CCC(O)C(OC(=O)CCOc5c6ccccc6c(OCCC(=O)OC6CCC(COC(=O)COCOCC7CCC8OC8C7)CC6O)c6ccccc56)C4)CC3O)cc2)cc1. The first-order chi connectivity index (χ1) is 44.3. The van der Waals surface area contributed by atoms with E-state index in [-0.39, 0.29) is 118 Å². The Kier molecular flexibility index (Phi) is 25.3. The summed E-state index contributed by atoms with van der Waals surface area (Å²) in [5, 5.41) is 35.4. The van der Waals surface area contributed by atoms with Crippen LogP contribution in [0, 0.1) is 37.7 Å². The molecule has 0 bridgehead atoms. The van der Waals surface area contributed by atoms with E-state index < -0.39 is 66.5 Å². The van der Waals surface area contributed by atoms with Crippen molar-refractivity contribution in [2.45, 2.75) is 146 Å². The van der Waals surface area contributed by atoms with Gasteiger partial charge in [-0.05, 0) is 144 Å². The molecule has 0 aromatic heterocycles. The number of carbonyl (C=O) groups is 5. The van der Waals surface area contributed by atoms with E-state index in [4.69, 9.17) is 61.6 Å². The first kappa shape index (κ1) is 67.7. The average Bonchev–Trinajstić information content (AvgIpc) is 1.47. The Balaban J connectivity index is 0.572. The number of carbonyl (C=O) groups excluding carboxylic acids is 5. The molecule has 4 aliphatic carbocycles. The summed E-state index contributed by atoms with van der Waals surface area (Å²) >= 11 is -0.326. The molecule has 5 aliphatic rings. The fourth-order valence-electron chi connectivity index (χ4n) is 12.3. The number of rotatable bonds is 32. The van der Waals surface area contributed by atoms with E-state index in [2.05, 4.69) is 31.2 Å². The van der Waals surface area contributed by atoms with Crippen molar-refractivity contribution in [1.29, 1.82) is 0 Å². The van der Waals surface area contributed by atoms with Gasteiger partial charge in [-0.15, -0.1) is 0 Å². The van der Waals surface area contributed by atoms with Crippen LogP contribution in [0.25, 0.3) is 21.5 Å². The van der Waals surface area contributed by atoms with E-state index in [1.165, 1.54) is 12.7 Å². The number of hydrogen-bond acceptors (Lipinski definition) is 21. The van der Waals surface area contributed by atoms with E-state index >= 15 is 0 Å². The Bertz CT molecular complexity index is 3120. The van der Waals surface area contributed by atoms with Crippen LogP contribution >= 0.6 is 0 Å². The summed E-state index contributed by atoms with van der Waals surface area (Å²) in [7, 11) is 0. The number of benzene rings is 5. The second-order valence-corrected chi connectivity index (χ2v) is 27.4. The summed E-state index contributed by atoms with van der Waals surface area (Å²) in [6, 6.07) is 31.3. The van der Waals surface area contributed by atoms with Crippen LogP contribution in [0.5, 0.6) is 17.2 Å². The first-order valence-electron chi connectivity index (χ1n) is 31.8. The van der Waals surface area contributed by atoms with Gasteiger partial charge in [0.2, 0.25) is 0 Å². The van der Waals surface area contributed by atoms with Gasteiger partial charge in [-0.2, -0.15) is 0 Å². The van der Waals surface area contributed by atoms with Gasteiger partial charge in [0.15, 0.2) is 13.7 Å². The predicted octanol–water partition coefficient (Wildman–Crippen LogP) is 4.90. The Hall–Kier alpha value is -6.22. The van der Waals surface area contributed by atoms with Gasteiger partial charge in [0, 0.05) is 21.5 Å². The maximum absolute atomic E-state index is 13.3. The molecule has 12 unspecified atom stereocenters. The summed E-state index contributed by atoms with van der Waals surface area (Å²) in [5.41, 5.74) is 1.23. The highest BCUT2D eigenvalue weighted by molar-refractivity contribution is 6.11. The molecule has 1 aliphatic heterocycles. The smallest absolute Gasteiger partial charge is 0.357 e. The third-order valence-electron chi connectivity index (χ3n) is 17.3. The minimum absolute atomic E-state index is 0.000463. The standard InChI is InChI=1S/C69H84IO21/c1-43-10-16-48(17-11-43)70-49-18-20-50(21-19-49)85-40-67(78)90-59-24-14-45(31-57(59)73)37-87-65(76)38-81-41-79-34-46-12-22-55(71)61(32-46)91-64(75)27-29-84-69-53-8-4-2-6-51(53)68(52-7-3-5-9-54(52)69)83-28-26-63(74)89-58-23-13-44(30-56(58)72)36-86-66(77)39-82-42-80-35-47-15-25-60-62(33-47)88-60/h2-11,16-21,44-47,55-62,71-73H,12-15,22-42H2,1H3/q+1. The number of ether oxygens (including phenoxy) is 13. The fraction of sp³-hybridized carbons (Fsp3) is 0.551. The largest absolute Gasteiger partial charge is 0.492 e. The lowest BCUT2D eigenvalue weighted by molar-refractivity contribution is -0.597. The Morgan fingerprint density at radius 2 is 0.901 bits per heavy atom. The number of esters is 5. The van der Waals surface area contributed by atoms with E-state index in [1.807, 2.05) is 72.8 Å². The van der Waals surface area contributed by atoms with Crippen LogP contribution in [0.2, 0.25) is 0 Å². The molecule has 5 aromatic rings. The molecule has 0 radical (unpaired) electrons. The molecule has 1 saturated heterocycles. The molecule has 3 N–H and O–H groups in total. The highest BCUT2D eigenvalue weighted by Crippen LogP contribution is 2.43. The quantitative estimate of drug-likeness (QED) is 0.00983. The third-order valence-corrected chi connectivity index (χ3v) is 20.0. The molecular formula is C69H84IO21+. The molecule has 0 amide bonds. The molecule has 0 spiro atoms. The molecule has 22 heteroatoms. The monoisotopic (exact) mass is 1380 g/mol. The lowest BCUT2D eigenvalue weighted by atomic mass is 9.86. The number of fused-ring (bicyclic) bond motifs is 3. The van der Waals surface area contributed by atoms with E-state index in [0.29, 0.717) is 99.8 Å². The molecule has 5 fully saturated rings. The second-order valence-electron chi connectivity index (χ2n) is 24.3. The van der Waals surface area contributed by atoms with Crippen molar-refractivity contribution in [3.05, 3.63) is 110 Å². The topological polar surface area (TPSA) is 269 Å². The molecule has 492 valence electrons. The van der Waals surface area contributed by atoms with Crippen molar-refractivity contribution < 1.29 is 122 Å². The number of aryl methyl sites for hydroxylation is 1. The Labute approximate surface area is 540 Å². The van der Waals surface area contributed by atoms with Crippen molar-refractivity contribution in [1.82, 2.24) is 0 Å². The number of halogens is 1. The highest BCUT2D eigenvalue weighted by atomic mass is 127. The van der Waals surface area contributed by atoms with Crippen LogP contribution in [0.15, 0.2) is 97.1 Å². The van der Waals surface area contributed by atoms with Crippen LogP contribution in [-0.4, -0.2) is 167 Å². The average molecular weight is 1380 g/mol. The summed E-state index contributed by atoms with van der Waals surface area (Å²) in [5.74, 6) is -0.867. The fourth-order valence-corrected chi connectivity index (χ4v) is 14.5. The van der Waals surface area contributed by atoms with Crippen LogP contribution in [0.4, 0.5) is 0 Å². The van der Waals surface area contributed by atoms with Gasteiger partial charge in [-0.25, -0.2) is 14.4 Å². The Morgan fingerprint density at radius 3 is 1.42 bits per heavy atom. The molecule has 1 heterocycles. The first-order valence-corrected chi connectivity index (χ1v) is 34.0. The molecular weight excluding hydrogens is 1290 g/mol. The highest BCUT2D eigenvalue weighted by Gasteiger charge is 2.44. The lowest BCUT2D eigenvalue weighted by Crippen LogP contribution is -3.61. The number of aliphatic hydroxyl groups is 3. The lowest BCUT2D eigenvalue weighted by Gasteiger charge is -2.32. The number of epoxide rings is 1. The van der Waals surface area contributed by atoms with Crippen LogP contribution < -0.4 is 35.4 Å². The van der Waals surface area contributed by atoms with Crippen molar-refractivity contribution in [3.8, 4) is 17.2 Å². The van der Waals surface area contributed by atoms with E-state index in [9.17, 15) is 39.3 Å². The zero-order valence-electron chi connectivity index (χ0n) is 51.4. The maximum Gasteiger partial charge on any atom is 0.357 e. The summed E-state index contributed by atoms with van der Waals surface area (Å²) < 4.78 is 76.4. The summed E-state index contributed by atoms with van der Waals surface area (Å²) in [6.45, 7) is 2.08. The van der Waals surface area contributed by atoms with Crippen molar-refractivity contribution >= 4 is 51.4 Å². The van der Waals surface area contributed by atoms with Gasteiger partial charge in [0.05, 0.1) is 83.0 Å². The van der Waals surface area contributed by atoms with Gasteiger partial charge in [0.25, 0.3) is 0 Å². The van der Waals surface area contributed by atoms with Gasteiger partial charge in [-0.3, -0.25) is 9.59 Å². The minimum atomic E-state index is -0.917. The third kappa shape index (κ3) is 20.6. The van der Waals surface area contributed by atoms with Gasteiger partial charge < -0.3 is 76.9 Å². The molecule has 21 nitrogen and oxygen atoms in total. The van der Waals surface area contributed by atoms with Crippen molar-refractivity contribution in [2.24, 2.45) is 23.7 Å². The Morgan fingerprint density at radius 1 is 0.440 bits per heavy atom.